The molecule has 1 saturated carbocycles. The minimum atomic E-state index is -0.400. The zero-order valence-corrected chi connectivity index (χ0v) is 20.8. The molecule has 0 radical (unpaired) electrons. The van der Waals surface area contributed by atoms with Crippen molar-refractivity contribution in [3.05, 3.63) is 40.2 Å². The summed E-state index contributed by atoms with van der Waals surface area (Å²) in [5, 5.41) is 18.3. The summed E-state index contributed by atoms with van der Waals surface area (Å²) in [6.07, 6.45) is 3.72. The number of hydrogen-bond acceptors (Lipinski definition) is 11. The van der Waals surface area contributed by atoms with Gasteiger partial charge in [-0.25, -0.2) is 9.97 Å². The van der Waals surface area contributed by atoms with E-state index < -0.39 is 4.92 Å². The second-order valence-corrected chi connectivity index (χ2v) is 10.4. The first-order chi connectivity index (χ1) is 17.1. The van der Waals surface area contributed by atoms with Crippen LogP contribution in [0.5, 0.6) is 11.5 Å². The molecule has 1 aromatic heterocycles. The number of thioether (sulfide) groups is 1. The van der Waals surface area contributed by atoms with Gasteiger partial charge in [-0.15, -0.1) is 0 Å². The van der Waals surface area contributed by atoms with Gasteiger partial charge in [-0.1, -0.05) is 30.0 Å². The number of nitro groups is 1. The van der Waals surface area contributed by atoms with Crippen LogP contribution in [0.4, 0.5) is 17.3 Å². The monoisotopic (exact) mass is 517 g/mol. The van der Waals surface area contributed by atoms with Crippen molar-refractivity contribution in [2.45, 2.75) is 25.4 Å². The summed E-state index contributed by atoms with van der Waals surface area (Å²) in [4.78, 5) is 24.2. The number of piperazine rings is 1. The van der Waals surface area contributed by atoms with Crippen LogP contribution in [0.25, 0.3) is 0 Å². The van der Waals surface area contributed by atoms with Gasteiger partial charge in [0.1, 0.15) is 10.6 Å². The van der Waals surface area contributed by atoms with Gasteiger partial charge in [-0.05, 0) is 30.5 Å². The minimum Gasteiger partial charge on any atom is -0.454 e. The Morgan fingerprint density at radius 1 is 1.20 bits per heavy atom. The molecule has 0 bridgehead atoms. The second-order valence-electron chi connectivity index (χ2n) is 8.58. The molecule has 2 fully saturated rings. The first-order valence-corrected chi connectivity index (χ1v) is 13.0. The number of rotatable bonds is 9. The van der Waals surface area contributed by atoms with Gasteiger partial charge in [-0.2, -0.15) is 0 Å². The minimum absolute atomic E-state index is 0.0830. The first kappa shape index (κ1) is 23.8. The van der Waals surface area contributed by atoms with Crippen LogP contribution < -0.4 is 25.0 Å². The topological polar surface area (TPSA) is 118 Å². The van der Waals surface area contributed by atoms with Crippen LogP contribution in [0.3, 0.4) is 0 Å². The quantitative estimate of drug-likeness (QED) is 0.220. The van der Waals surface area contributed by atoms with Gasteiger partial charge in [0.25, 0.3) is 0 Å². The average Bonchev–Trinajstić information content (AvgIpc) is 3.54. The highest BCUT2D eigenvalue weighted by Crippen LogP contribution is 2.34. The maximum Gasteiger partial charge on any atom is 0.353 e. The molecule has 186 valence electrons. The number of ether oxygens (including phenoxy) is 2. The van der Waals surface area contributed by atoms with Gasteiger partial charge in [0.15, 0.2) is 11.5 Å². The fourth-order valence-corrected chi connectivity index (χ4v) is 5.12. The zero-order chi connectivity index (χ0) is 24.2. The van der Waals surface area contributed by atoms with Crippen LogP contribution in [0, 0.1) is 10.1 Å². The zero-order valence-electron chi connectivity index (χ0n) is 19.1. The lowest BCUT2D eigenvalue weighted by Gasteiger charge is -2.35. The molecule has 2 N–H and O–H groups in total. The van der Waals surface area contributed by atoms with Gasteiger partial charge in [0, 0.05) is 51.1 Å². The molecule has 3 aliphatic rings. The molecule has 0 spiro atoms. The van der Waals surface area contributed by atoms with Crippen molar-refractivity contribution in [3.8, 4) is 11.5 Å². The van der Waals surface area contributed by atoms with Crippen molar-refractivity contribution < 1.29 is 14.4 Å². The number of nitrogens with one attached hydrogen (secondary N) is 2. The number of thiocarbonyl (C=S) groups is 1. The Morgan fingerprint density at radius 3 is 2.77 bits per heavy atom. The van der Waals surface area contributed by atoms with Crippen molar-refractivity contribution in [2.75, 3.05) is 55.5 Å². The molecule has 11 nitrogen and oxygen atoms in total. The van der Waals surface area contributed by atoms with Crippen LogP contribution in [-0.4, -0.2) is 75.4 Å². The smallest absolute Gasteiger partial charge is 0.353 e. The molecule has 0 amide bonds. The standard InChI is InChI=1S/C22H27N7O4S2/c30-29(31)19-20(23-5-10-35-22(34)26-16-2-3-16)24-13-25-21(19)28-8-6-27(7-9-28)12-15-1-4-17-18(11-15)33-14-32-17/h1,4,11,13,16H,2-3,5-10,12,14H2,(H,26,34)(H,23,24,25). The van der Waals surface area contributed by atoms with Crippen molar-refractivity contribution in [1.29, 1.82) is 0 Å². The summed E-state index contributed by atoms with van der Waals surface area (Å²) in [7, 11) is 0. The maximum atomic E-state index is 11.9. The Labute approximate surface area is 212 Å². The van der Waals surface area contributed by atoms with Gasteiger partial charge in [-0.3, -0.25) is 15.0 Å². The van der Waals surface area contributed by atoms with E-state index in [-0.39, 0.29) is 18.3 Å². The van der Waals surface area contributed by atoms with Crippen molar-refractivity contribution >= 4 is 45.6 Å². The number of fused-ring (bicyclic) bond motifs is 1. The van der Waals surface area contributed by atoms with Crippen molar-refractivity contribution in [2.24, 2.45) is 0 Å². The highest BCUT2D eigenvalue weighted by molar-refractivity contribution is 8.23. The Bertz CT molecular complexity index is 1090. The Balaban J connectivity index is 1.16. The van der Waals surface area contributed by atoms with Gasteiger partial charge >= 0.3 is 5.69 Å². The van der Waals surface area contributed by atoms with E-state index in [1.807, 2.05) is 23.1 Å². The molecular weight excluding hydrogens is 490 g/mol. The van der Waals surface area contributed by atoms with Crippen molar-refractivity contribution in [3.63, 3.8) is 0 Å². The number of hydrogen-bond donors (Lipinski definition) is 2. The third-order valence-corrected chi connectivity index (χ3v) is 7.29. The van der Waals surface area contributed by atoms with Gasteiger partial charge in [0.2, 0.25) is 18.4 Å². The average molecular weight is 518 g/mol. The summed E-state index contributed by atoms with van der Waals surface area (Å²) in [6, 6.07) is 6.50. The second kappa shape index (κ2) is 10.8. The lowest BCUT2D eigenvalue weighted by molar-refractivity contribution is -0.383. The van der Waals surface area contributed by atoms with E-state index in [0.717, 1.165) is 41.0 Å². The molecule has 3 heterocycles. The normalized spacial score (nSPS) is 17.3. The predicted octanol–water partition coefficient (Wildman–Crippen LogP) is 2.62. The summed E-state index contributed by atoms with van der Waals surface area (Å²) in [5.41, 5.74) is 1.06. The Kier molecular flexibility index (Phi) is 7.35. The molecule has 2 aliphatic heterocycles. The molecule has 1 aliphatic carbocycles. The fourth-order valence-electron chi connectivity index (χ4n) is 4.06. The first-order valence-electron chi connectivity index (χ1n) is 11.6. The SMILES string of the molecule is O=[N+]([O-])c1c(NCCSC(=S)NC2CC2)ncnc1N1CCN(Cc2ccc3c(c2)OCO3)CC1. The van der Waals surface area contributed by atoms with E-state index in [4.69, 9.17) is 21.7 Å². The van der Waals surface area contributed by atoms with E-state index in [2.05, 4.69) is 25.5 Å². The molecule has 35 heavy (non-hydrogen) atoms. The molecule has 1 saturated heterocycles. The third kappa shape index (κ3) is 6.03. The van der Waals surface area contributed by atoms with Crippen molar-refractivity contribution in [1.82, 2.24) is 20.2 Å². The molecule has 13 heteroatoms. The number of aromatic nitrogens is 2. The molecule has 0 atom stereocenters. The van der Waals surface area contributed by atoms with E-state index in [9.17, 15) is 10.1 Å². The predicted molar refractivity (Wildman–Crippen MR) is 138 cm³/mol. The lowest BCUT2D eigenvalue weighted by atomic mass is 10.1. The van der Waals surface area contributed by atoms with Crippen LogP contribution in [0.1, 0.15) is 18.4 Å². The van der Waals surface area contributed by atoms with E-state index in [0.29, 0.717) is 37.2 Å². The van der Waals surface area contributed by atoms with Crippen LogP contribution >= 0.6 is 24.0 Å². The third-order valence-electron chi connectivity index (χ3n) is 6.03. The number of nitrogens with zero attached hydrogens (tertiary/aromatic N) is 5. The Hall–Kier alpha value is -2.90. The summed E-state index contributed by atoms with van der Waals surface area (Å²) < 4.78 is 11.6. The largest absolute Gasteiger partial charge is 0.454 e. The molecular formula is C22H27N7O4S2. The summed E-state index contributed by atoms with van der Waals surface area (Å²) in [5.74, 6) is 2.83. The number of benzene rings is 1. The summed E-state index contributed by atoms with van der Waals surface area (Å²) in [6.45, 7) is 4.35. The highest BCUT2D eigenvalue weighted by atomic mass is 32.2. The molecule has 5 rings (SSSR count). The Morgan fingerprint density at radius 2 is 2.00 bits per heavy atom. The summed E-state index contributed by atoms with van der Waals surface area (Å²) >= 11 is 6.84. The molecule has 0 unspecified atom stereocenters. The molecule has 1 aromatic carbocycles. The number of anilines is 2. The van der Waals surface area contributed by atoms with Crippen LogP contribution in [0.15, 0.2) is 24.5 Å². The van der Waals surface area contributed by atoms with E-state index in [1.165, 1.54) is 30.9 Å². The molecule has 2 aromatic rings. The lowest BCUT2D eigenvalue weighted by Crippen LogP contribution is -2.46. The van der Waals surface area contributed by atoms with E-state index >= 15 is 0 Å². The highest BCUT2D eigenvalue weighted by Gasteiger charge is 2.29. The maximum absolute atomic E-state index is 11.9. The van der Waals surface area contributed by atoms with E-state index in [1.54, 1.807) is 0 Å². The van der Waals surface area contributed by atoms with Crippen LogP contribution in [-0.2, 0) is 6.54 Å². The van der Waals surface area contributed by atoms with Gasteiger partial charge in [0.05, 0.1) is 4.92 Å². The fraction of sp³-hybridized carbons (Fsp3) is 0.500. The van der Waals surface area contributed by atoms with Crippen LogP contribution in [0.2, 0.25) is 0 Å². The van der Waals surface area contributed by atoms with Gasteiger partial charge < -0.3 is 25.0 Å².